The van der Waals surface area contributed by atoms with Crippen LogP contribution >= 0.6 is 0 Å². The topological polar surface area (TPSA) is 82.6 Å². The fourth-order valence-electron chi connectivity index (χ4n) is 3.87. The van der Waals surface area contributed by atoms with Gasteiger partial charge in [-0.15, -0.1) is 0 Å². The van der Waals surface area contributed by atoms with Gasteiger partial charge in [0.05, 0.1) is 24.4 Å². The van der Waals surface area contributed by atoms with Crippen LogP contribution in [0.3, 0.4) is 0 Å². The number of hydrogen-bond donors (Lipinski definition) is 2. The number of fused-ring (bicyclic) bond motifs is 2. The quantitative estimate of drug-likeness (QED) is 0.754. The average Bonchev–Trinajstić information content (AvgIpc) is 3.21. The van der Waals surface area contributed by atoms with Crippen LogP contribution in [0, 0.1) is 11.8 Å². The standard InChI is InChI=1S/C13H20O2.CH2O3/c1-3-10-12(14-10)6-8(1)5-9-2-4-11-13(7-9)15-11;2-1(3)4/h8-13H,1-7H2;(H2,2,3,4). The van der Waals surface area contributed by atoms with E-state index in [0.717, 1.165) is 11.8 Å². The van der Waals surface area contributed by atoms with Gasteiger partial charge < -0.3 is 19.7 Å². The minimum Gasteiger partial charge on any atom is -0.450 e. The van der Waals surface area contributed by atoms with Crippen molar-refractivity contribution in [3.8, 4) is 0 Å². The van der Waals surface area contributed by atoms with Gasteiger partial charge in [-0.1, -0.05) is 0 Å². The van der Waals surface area contributed by atoms with Crippen LogP contribution in [0.4, 0.5) is 4.79 Å². The Kier molecular flexibility index (Phi) is 3.67. The third-order valence-electron chi connectivity index (χ3n) is 4.89. The molecule has 0 spiro atoms. The molecule has 6 atom stereocenters. The predicted octanol–water partition coefficient (Wildman–Crippen LogP) is 2.73. The van der Waals surface area contributed by atoms with Crippen molar-refractivity contribution in [2.45, 2.75) is 69.4 Å². The van der Waals surface area contributed by atoms with Gasteiger partial charge in [-0.05, 0) is 56.8 Å². The summed E-state index contributed by atoms with van der Waals surface area (Å²) in [5.74, 6) is 1.93. The van der Waals surface area contributed by atoms with Crippen molar-refractivity contribution >= 4 is 6.16 Å². The van der Waals surface area contributed by atoms with Crippen molar-refractivity contribution in [3.63, 3.8) is 0 Å². The Morgan fingerprint density at radius 1 is 0.842 bits per heavy atom. The maximum Gasteiger partial charge on any atom is 0.503 e. The highest BCUT2D eigenvalue weighted by atomic mass is 16.6. The summed E-state index contributed by atoms with van der Waals surface area (Å²) in [5, 5.41) is 13.9. The summed E-state index contributed by atoms with van der Waals surface area (Å²) in [6.07, 6.45) is 10.5. The molecule has 0 aromatic heterocycles. The molecule has 0 aromatic rings. The zero-order chi connectivity index (χ0) is 13.4. The van der Waals surface area contributed by atoms with Crippen molar-refractivity contribution in [3.05, 3.63) is 0 Å². The molecule has 2 aliphatic carbocycles. The van der Waals surface area contributed by atoms with E-state index < -0.39 is 6.16 Å². The van der Waals surface area contributed by atoms with Crippen LogP contribution < -0.4 is 0 Å². The molecular weight excluding hydrogens is 248 g/mol. The van der Waals surface area contributed by atoms with Crippen LogP contribution in [0.2, 0.25) is 0 Å². The van der Waals surface area contributed by atoms with Crippen molar-refractivity contribution < 1.29 is 24.5 Å². The third-order valence-corrected chi connectivity index (χ3v) is 4.89. The van der Waals surface area contributed by atoms with E-state index in [1.165, 1.54) is 44.9 Å². The smallest absolute Gasteiger partial charge is 0.450 e. The molecule has 2 saturated carbocycles. The van der Waals surface area contributed by atoms with E-state index in [2.05, 4.69) is 0 Å². The van der Waals surface area contributed by atoms with Gasteiger partial charge in [-0.25, -0.2) is 4.79 Å². The first-order chi connectivity index (χ1) is 9.11. The summed E-state index contributed by atoms with van der Waals surface area (Å²) in [5.41, 5.74) is 0. The maximum absolute atomic E-state index is 8.56. The average molecular weight is 270 g/mol. The lowest BCUT2D eigenvalue weighted by atomic mass is 9.78. The molecule has 0 bridgehead atoms. The van der Waals surface area contributed by atoms with Gasteiger partial charge in [-0.2, -0.15) is 0 Å². The molecule has 4 aliphatic rings. The number of epoxide rings is 2. The minimum atomic E-state index is -1.83. The number of carbonyl (C=O) groups is 1. The van der Waals surface area contributed by atoms with Crippen molar-refractivity contribution in [2.75, 3.05) is 0 Å². The van der Waals surface area contributed by atoms with Crippen molar-refractivity contribution in [1.29, 1.82) is 0 Å². The summed E-state index contributed by atoms with van der Waals surface area (Å²) in [7, 11) is 0. The minimum absolute atomic E-state index is 0.664. The van der Waals surface area contributed by atoms with Crippen LogP contribution in [0.25, 0.3) is 0 Å². The maximum atomic E-state index is 8.56. The first kappa shape index (κ1) is 13.2. The van der Waals surface area contributed by atoms with Gasteiger partial charge in [0, 0.05) is 0 Å². The molecule has 5 heteroatoms. The van der Waals surface area contributed by atoms with Crippen LogP contribution in [-0.4, -0.2) is 40.8 Å². The highest BCUT2D eigenvalue weighted by Crippen LogP contribution is 2.46. The van der Waals surface area contributed by atoms with Crippen LogP contribution in [0.15, 0.2) is 0 Å². The first-order valence-corrected chi connectivity index (χ1v) is 7.34. The Bertz CT molecular complexity index is 315. The summed E-state index contributed by atoms with van der Waals surface area (Å²) < 4.78 is 11.2. The Balaban J connectivity index is 0.000000247. The second kappa shape index (κ2) is 5.29. The molecule has 0 radical (unpaired) electrons. The van der Waals surface area contributed by atoms with Crippen LogP contribution in [-0.2, 0) is 9.47 Å². The Morgan fingerprint density at radius 3 is 1.63 bits per heavy atom. The first-order valence-electron chi connectivity index (χ1n) is 7.34. The van der Waals surface area contributed by atoms with E-state index in [0.29, 0.717) is 24.4 Å². The molecular formula is C14H22O5. The van der Waals surface area contributed by atoms with Gasteiger partial charge in [-0.3, -0.25) is 0 Å². The summed E-state index contributed by atoms with van der Waals surface area (Å²) in [4.78, 5) is 8.56. The van der Waals surface area contributed by atoms with E-state index in [-0.39, 0.29) is 0 Å². The number of rotatable bonds is 2. The summed E-state index contributed by atoms with van der Waals surface area (Å²) in [6, 6.07) is 0. The Labute approximate surface area is 112 Å². The molecule has 0 aromatic carbocycles. The lowest BCUT2D eigenvalue weighted by Crippen LogP contribution is -2.20. The molecule has 6 unspecified atom stereocenters. The normalized spacial score (nSPS) is 46.1. The van der Waals surface area contributed by atoms with Gasteiger partial charge in [0.1, 0.15) is 0 Å². The van der Waals surface area contributed by atoms with E-state index in [9.17, 15) is 0 Å². The summed E-state index contributed by atoms with van der Waals surface area (Å²) in [6.45, 7) is 0. The monoisotopic (exact) mass is 270 g/mol. The molecule has 4 rings (SSSR count). The number of hydrogen-bond acceptors (Lipinski definition) is 3. The van der Waals surface area contributed by atoms with Crippen LogP contribution in [0.5, 0.6) is 0 Å². The fraction of sp³-hybridized carbons (Fsp3) is 0.929. The number of carboxylic acid groups (broad SMARTS) is 2. The molecule has 4 fully saturated rings. The van der Waals surface area contributed by atoms with Gasteiger partial charge in [0.25, 0.3) is 0 Å². The van der Waals surface area contributed by atoms with Gasteiger partial charge in [0.15, 0.2) is 0 Å². The van der Waals surface area contributed by atoms with E-state index >= 15 is 0 Å². The SMILES string of the molecule is C1CC2OC2CC1CC1CCC2OC2C1.O=C(O)O. The van der Waals surface area contributed by atoms with Crippen molar-refractivity contribution in [1.82, 2.24) is 0 Å². The van der Waals surface area contributed by atoms with Crippen molar-refractivity contribution in [2.24, 2.45) is 11.8 Å². The highest BCUT2D eigenvalue weighted by Gasteiger charge is 2.47. The molecule has 108 valence electrons. The molecule has 2 aliphatic heterocycles. The zero-order valence-corrected chi connectivity index (χ0v) is 11.0. The number of ether oxygens (including phenoxy) is 2. The Hall–Kier alpha value is -0.810. The lowest BCUT2D eigenvalue weighted by molar-refractivity contribution is 0.137. The fourth-order valence-corrected chi connectivity index (χ4v) is 3.87. The van der Waals surface area contributed by atoms with Crippen LogP contribution in [0.1, 0.15) is 44.9 Å². The second-order valence-corrected chi connectivity index (χ2v) is 6.30. The molecule has 5 nitrogen and oxygen atoms in total. The summed E-state index contributed by atoms with van der Waals surface area (Å²) >= 11 is 0. The molecule has 2 heterocycles. The third kappa shape index (κ3) is 3.60. The molecule has 2 saturated heterocycles. The van der Waals surface area contributed by atoms with E-state index in [1.807, 2.05) is 0 Å². The molecule has 19 heavy (non-hydrogen) atoms. The Morgan fingerprint density at radius 2 is 1.26 bits per heavy atom. The van der Waals surface area contributed by atoms with E-state index in [4.69, 9.17) is 24.5 Å². The predicted molar refractivity (Wildman–Crippen MR) is 67.3 cm³/mol. The molecule has 0 amide bonds. The second-order valence-electron chi connectivity index (χ2n) is 6.30. The van der Waals surface area contributed by atoms with E-state index in [1.54, 1.807) is 0 Å². The lowest BCUT2D eigenvalue weighted by Gasteiger charge is -2.26. The van der Waals surface area contributed by atoms with Gasteiger partial charge >= 0.3 is 6.16 Å². The van der Waals surface area contributed by atoms with Gasteiger partial charge in [0.2, 0.25) is 0 Å². The highest BCUT2D eigenvalue weighted by molar-refractivity contribution is 5.53. The largest absolute Gasteiger partial charge is 0.503 e. The zero-order valence-electron chi connectivity index (χ0n) is 11.0. The molecule has 2 N–H and O–H groups in total.